The number of aliphatic hydroxyl groups is 2. The van der Waals surface area contributed by atoms with Gasteiger partial charge in [0.25, 0.3) is 0 Å². The van der Waals surface area contributed by atoms with Crippen molar-refractivity contribution in [2.24, 2.45) is 5.92 Å². The van der Waals surface area contributed by atoms with Crippen molar-refractivity contribution in [3.8, 4) is 5.75 Å². The first-order valence-corrected chi connectivity index (χ1v) is 7.82. The molecule has 2 rings (SSSR count). The Morgan fingerprint density at radius 2 is 2.24 bits per heavy atom. The molecule has 3 unspecified atom stereocenters. The molecular weight excluding hydrogens is 266 g/mol. The van der Waals surface area contributed by atoms with E-state index in [-0.39, 0.29) is 19.3 Å². The first-order valence-electron chi connectivity index (χ1n) is 7.82. The highest BCUT2D eigenvalue weighted by molar-refractivity contribution is 5.27. The molecule has 0 bridgehead atoms. The molecule has 1 fully saturated rings. The third-order valence-corrected chi connectivity index (χ3v) is 4.29. The molecule has 0 radical (unpaired) electrons. The van der Waals surface area contributed by atoms with Gasteiger partial charge in [-0.25, -0.2) is 0 Å². The van der Waals surface area contributed by atoms with Crippen LogP contribution in [0.5, 0.6) is 5.75 Å². The molecule has 0 aliphatic carbocycles. The lowest BCUT2D eigenvalue weighted by Gasteiger charge is -2.39. The van der Waals surface area contributed by atoms with Gasteiger partial charge in [0.2, 0.25) is 0 Å². The molecule has 1 aliphatic rings. The van der Waals surface area contributed by atoms with E-state index in [1.54, 1.807) is 0 Å². The second kappa shape index (κ2) is 7.78. The van der Waals surface area contributed by atoms with Gasteiger partial charge in [-0.05, 0) is 49.9 Å². The number of piperidine rings is 1. The zero-order chi connectivity index (χ0) is 15.2. The Morgan fingerprint density at radius 3 is 2.95 bits per heavy atom. The van der Waals surface area contributed by atoms with Gasteiger partial charge in [0.05, 0.1) is 6.61 Å². The van der Waals surface area contributed by atoms with E-state index in [0.717, 1.165) is 30.7 Å². The molecule has 0 saturated carbocycles. The molecule has 4 nitrogen and oxygen atoms in total. The minimum Gasteiger partial charge on any atom is -0.491 e. The second-order valence-electron chi connectivity index (χ2n) is 6.15. The minimum absolute atomic E-state index is 0.159. The third kappa shape index (κ3) is 4.70. The monoisotopic (exact) mass is 293 g/mol. The topological polar surface area (TPSA) is 52.9 Å². The number of ether oxygens (including phenoxy) is 1. The fourth-order valence-electron chi connectivity index (χ4n) is 3.08. The van der Waals surface area contributed by atoms with Crippen LogP contribution in [0.2, 0.25) is 0 Å². The van der Waals surface area contributed by atoms with Crippen LogP contribution < -0.4 is 4.74 Å². The molecule has 21 heavy (non-hydrogen) atoms. The van der Waals surface area contributed by atoms with Crippen molar-refractivity contribution in [3.05, 3.63) is 29.8 Å². The van der Waals surface area contributed by atoms with Crippen LogP contribution in [0.1, 0.15) is 25.3 Å². The number of hydrogen-bond donors (Lipinski definition) is 2. The van der Waals surface area contributed by atoms with Crippen LogP contribution in [0.4, 0.5) is 0 Å². The molecule has 118 valence electrons. The molecular formula is C17H27NO3. The van der Waals surface area contributed by atoms with Gasteiger partial charge >= 0.3 is 0 Å². The van der Waals surface area contributed by atoms with Crippen molar-refractivity contribution < 1.29 is 14.9 Å². The number of nitrogens with zero attached hydrogens (tertiary/aromatic N) is 1. The number of β-amino-alcohol motifs (C(OH)–C–C–N with tert-alkyl or cyclic N) is 1. The summed E-state index contributed by atoms with van der Waals surface area (Å²) in [5.41, 5.74) is 1.15. The van der Waals surface area contributed by atoms with Crippen LogP contribution in [-0.4, -0.2) is 53.6 Å². The van der Waals surface area contributed by atoms with Gasteiger partial charge in [-0.2, -0.15) is 0 Å². The first-order chi connectivity index (χ1) is 10.1. The first kappa shape index (κ1) is 16.3. The van der Waals surface area contributed by atoms with E-state index in [9.17, 15) is 10.2 Å². The maximum Gasteiger partial charge on any atom is 0.119 e. The van der Waals surface area contributed by atoms with Crippen molar-refractivity contribution in [1.29, 1.82) is 0 Å². The number of rotatable bonds is 6. The fourth-order valence-corrected chi connectivity index (χ4v) is 3.08. The summed E-state index contributed by atoms with van der Waals surface area (Å²) in [7, 11) is 0. The van der Waals surface area contributed by atoms with Crippen molar-refractivity contribution in [2.75, 3.05) is 26.3 Å². The second-order valence-corrected chi connectivity index (χ2v) is 6.15. The zero-order valence-electron chi connectivity index (χ0n) is 13.0. The predicted molar refractivity (Wildman–Crippen MR) is 83.5 cm³/mol. The number of aryl methyl sites for hydroxylation is 1. The Bertz CT molecular complexity index is 438. The summed E-state index contributed by atoms with van der Waals surface area (Å²) in [5.74, 6) is 1.27. The number of benzene rings is 1. The lowest BCUT2D eigenvalue weighted by molar-refractivity contribution is 0.00377. The molecule has 2 N–H and O–H groups in total. The van der Waals surface area contributed by atoms with Crippen LogP contribution in [0.25, 0.3) is 0 Å². The number of aliphatic hydroxyl groups excluding tert-OH is 2. The fraction of sp³-hybridized carbons (Fsp3) is 0.647. The SMILES string of the molecule is Cc1cccc(OCC(O)CN2CCCC(C)C2CO)c1. The van der Waals surface area contributed by atoms with Crippen LogP contribution in [0.15, 0.2) is 24.3 Å². The molecule has 1 aromatic carbocycles. The summed E-state index contributed by atoms with van der Waals surface area (Å²) in [4.78, 5) is 2.19. The zero-order valence-corrected chi connectivity index (χ0v) is 13.0. The molecule has 4 heteroatoms. The van der Waals surface area contributed by atoms with Gasteiger partial charge in [0, 0.05) is 12.6 Å². The summed E-state index contributed by atoms with van der Waals surface area (Å²) in [5, 5.41) is 19.7. The molecule has 0 spiro atoms. The smallest absolute Gasteiger partial charge is 0.119 e. The van der Waals surface area contributed by atoms with Crippen LogP contribution >= 0.6 is 0 Å². The average Bonchev–Trinajstić information content (AvgIpc) is 2.45. The Kier molecular flexibility index (Phi) is 6.03. The Balaban J connectivity index is 1.82. The quantitative estimate of drug-likeness (QED) is 0.840. The van der Waals surface area contributed by atoms with Crippen molar-refractivity contribution in [1.82, 2.24) is 4.90 Å². The van der Waals surface area contributed by atoms with E-state index in [1.807, 2.05) is 31.2 Å². The largest absolute Gasteiger partial charge is 0.491 e. The van der Waals surface area contributed by atoms with Crippen molar-refractivity contribution in [3.63, 3.8) is 0 Å². The van der Waals surface area contributed by atoms with Gasteiger partial charge in [0.1, 0.15) is 18.5 Å². The summed E-state index contributed by atoms with van der Waals surface area (Å²) in [6, 6.07) is 7.99. The standard InChI is InChI=1S/C17H27NO3/c1-13-5-3-7-16(9-13)21-12-15(20)10-18-8-4-6-14(2)17(18)11-19/h3,5,7,9,14-15,17,19-20H,4,6,8,10-12H2,1-2H3. The molecule has 0 amide bonds. The molecule has 1 saturated heterocycles. The van der Waals surface area contributed by atoms with Gasteiger partial charge in [0.15, 0.2) is 0 Å². The van der Waals surface area contributed by atoms with Crippen LogP contribution in [-0.2, 0) is 0 Å². The summed E-state index contributed by atoms with van der Waals surface area (Å²) in [6.45, 7) is 6.13. The van der Waals surface area contributed by atoms with Gasteiger partial charge < -0.3 is 14.9 Å². The van der Waals surface area contributed by atoms with E-state index in [4.69, 9.17) is 4.74 Å². The Hall–Kier alpha value is -1.10. The normalized spacial score (nSPS) is 24.8. The Morgan fingerprint density at radius 1 is 1.43 bits per heavy atom. The van der Waals surface area contributed by atoms with E-state index < -0.39 is 6.10 Å². The molecule has 1 aromatic rings. The number of hydrogen-bond acceptors (Lipinski definition) is 4. The summed E-state index contributed by atoms with van der Waals surface area (Å²) in [6.07, 6.45) is 1.74. The maximum atomic E-state index is 10.2. The summed E-state index contributed by atoms with van der Waals surface area (Å²) >= 11 is 0. The average molecular weight is 293 g/mol. The van der Waals surface area contributed by atoms with Crippen molar-refractivity contribution >= 4 is 0 Å². The molecule has 0 aromatic heterocycles. The van der Waals surface area contributed by atoms with Crippen LogP contribution in [0, 0.1) is 12.8 Å². The maximum absolute atomic E-state index is 10.2. The van der Waals surface area contributed by atoms with E-state index >= 15 is 0 Å². The van der Waals surface area contributed by atoms with Gasteiger partial charge in [-0.1, -0.05) is 19.1 Å². The van der Waals surface area contributed by atoms with Gasteiger partial charge in [-0.15, -0.1) is 0 Å². The molecule has 1 aliphatic heterocycles. The predicted octanol–water partition coefficient (Wildman–Crippen LogP) is 1.83. The molecule has 1 heterocycles. The highest BCUT2D eigenvalue weighted by Crippen LogP contribution is 2.23. The van der Waals surface area contributed by atoms with E-state index in [0.29, 0.717) is 12.5 Å². The molecule has 3 atom stereocenters. The number of likely N-dealkylation sites (tertiary alicyclic amines) is 1. The minimum atomic E-state index is -0.537. The Labute approximate surface area is 127 Å². The van der Waals surface area contributed by atoms with Gasteiger partial charge in [-0.3, -0.25) is 4.90 Å². The van der Waals surface area contributed by atoms with Crippen LogP contribution in [0.3, 0.4) is 0 Å². The summed E-state index contributed by atoms with van der Waals surface area (Å²) < 4.78 is 5.65. The van der Waals surface area contributed by atoms with Crippen molar-refractivity contribution in [2.45, 2.75) is 38.8 Å². The van der Waals surface area contributed by atoms with E-state index in [1.165, 1.54) is 0 Å². The lowest BCUT2D eigenvalue weighted by Crippen LogP contribution is -2.50. The van der Waals surface area contributed by atoms with E-state index in [2.05, 4.69) is 11.8 Å². The highest BCUT2D eigenvalue weighted by Gasteiger charge is 2.29. The highest BCUT2D eigenvalue weighted by atomic mass is 16.5. The third-order valence-electron chi connectivity index (χ3n) is 4.29. The lowest BCUT2D eigenvalue weighted by atomic mass is 9.91.